The molecule has 2 aromatic carbocycles. The summed E-state index contributed by atoms with van der Waals surface area (Å²) in [5.74, 6) is 0.539. The predicted octanol–water partition coefficient (Wildman–Crippen LogP) is 5.59. The van der Waals surface area contributed by atoms with E-state index in [9.17, 15) is 8.78 Å². The highest BCUT2D eigenvalue weighted by Crippen LogP contribution is 2.48. The topological polar surface area (TPSA) is 17.8 Å². The highest BCUT2D eigenvalue weighted by molar-refractivity contribution is 9.10. The quantitative estimate of drug-likeness (QED) is 0.542. The molecular weight excluding hydrogens is 386 g/mol. The normalized spacial score (nSPS) is 15.7. The van der Waals surface area contributed by atoms with E-state index < -0.39 is 0 Å². The van der Waals surface area contributed by atoms with Crippen LogP contribution >= 0.6 is 15.9 Å². The number of nitrogens with zero attached hydrogens (tertiary/aromatic N) is 2. The summed E-state index contributed by atoms with van der Waals surface area (Å²) in [4.78, 5) is 4.72. The summed E-state index contributed by atoms with van der Waals surface area (Å²) >= 11 is 3.29. The molecule has 0 spiro atoms. The number of hydrogen-bond donors (Lipinski definition) is 0. The van der Waals surface area contributed by atoms with Gasteiger partial charge in [-0.25, -0.2) is 9.37 Å². The van der Waals surface area contributed by atoms with Crippen molar-refractivity contribution in [3.63, 3.8) is 0 Å². The van der Waals surface area contributed by atoms with Crippen LogP contribution in [0.5, 0.6) is 0 Å². The minimum atomic E-state index is -0.315. The molecule has 0 radical (unpaired) electrons. The fourth-order valence-corrected chi connectivity index (χ4v) is 3.61. The van der Waals surface area contributed by atoms with Crippen molar-refractivity contribution < 1.29 is 8.78 Å². The highest BCUT2D eigenvalue weighted by Gasteiger charge is 2.43. The lowest BCUT2D eigenvalue weighted by Gasteiger charge is -2.16. The lowest BCUT2D eigenvalue weighted by Crippen LogP contribution is -2.16. The molecule has 0 N–H and O–H groups in total. The van der Waals surface area contributed by atoms with Gasteiger partial charge in [-0.15, -0.1) is 0 Å². The maximum absolute atomic E-state index is 14.3. The number of fused-ring (bicyclic) bond motifs is 1. The smallest absolute Gasteiger partial charge is 0.127 e. The molecule has 1 aromatic heterocycles. The number of rotatable bonds is 5. The number of alkyl halides is 1. The van der Waals surface area contributed by atoms with Crippen LogP contribution in [-0.2, 0) is 13.0 Å². The Bertz CT molecular complexity index is 944. The standard InChI is InChI=1S/C20H19BrF2N2/c1-13-2-5-17-18(8-13)25(12-20(11-22)6-7-20)19(24-17)9-14-3-4-15(21)10-16(14)23/h2-5,8,10H,6-7,9,11-12H2,1H3. The Morgan fingerprint density at radius 1 is 1.20 bits per heavy atom. The van der Waals surface area contributed by atoms with E-state index >= 15 is 0 Å². The van der Waals surface area contributed by atoms with Gasteiger partial charge < -0.3 is 4.57 Å². The second kappa shape index (κ2) is 6.20. The zero-order valence-electron chi connectivity index (χ0n) is 14.0. The number of halogens is 3. The third-order valence-electron chi connectivity index (χ3n) is 5.08. The molecule has 1 fully saturated rings. The first-order valence-corrected chi connectivity index (χ1v) is 9.25. The molecule has 0 atom stereocenters. The lowest BCUT2D eigenvalue weighted by atomic mass is 10.1. The Hall–Kier alpha value is -1.75. The molecule has 1 saturated carbocycles. The molecular formula is C20H19BrF2N2. The van der Waals surface area contributed by atoms with E-state index in [2.05, 4.69) is 26.6 Å². The monoisotopic (exact) mass is 404 g/mol. The first kappa shape index (κ1) is 16.7. The van der Waals surface area contributed by atoms with Gasteiger partial charge in [0.1, 0.15) is 11.6 Å². The summed E-state index contributed by atoms with van der Waals surface area (Å²) in [6.07, 6.45) is 2.21. The Morgan fingerprint density at radius 3 is 2.68 bits per heavy atom. The zero-order valence-corrected chi connectivity index (χ0v) is 15.6. The SMILES string of the molecule is Cc1ccc2nc(Cc3ccc(Br)cc3F)n(CC3(CF)CC3)c2c1. The van der Waals surface area contributed by atoms with Crippen molar-refractivity contribution in [2.75, 3.05) is 6.67 Å². The molecule has 1 heterocycles. The highest BCUT2D eigenvalue weighted by atomic mass is 79.9. The molecule has 0 saturated heterocycles. The predicted molar refractivity (Wildman–Crippen MR) is 99.0 cm³/mol. The van der Waals surface area contributed by atoms with Crippen molar-refractivity contribution in [3.05, 3.63) is 63.6 Å². The van der Waals surface area contributed by atoms with Crippen LogP contribution in [0.4, 0.5) is 8.78 Å². The van der Waals surface area contributed by atoms with Crippen molar-refractivity contribution in [1.82, 2.24) is 9.55 Å². The molecule has 130 valence electrons. The Labute approximate surface area is 154 Å². The number of aryl methyl sites for hydroxylation is 1. The van der Waals surface area contributed by atoms with Gasteiger partial charge in [-0.05, 0) is 55.2 Å². The average Bonchev–Trinajstić information content (AvgIpc) is 3.29. The van der Waals surface area contributed by atoms with Gasteiger partial charge in [0.05, 0.1) is 17.7 Å². The maximum Gasteiger partial charge on any atom is 0.127 e. The van der Waals surface area contributed by atoms with Gasteiger partial charge in [0, 0.05) is 22.9 Å². The summed E-state index contributed by atoms with van der Waals surface area (Å²) in [6.45, 7) is 2.33. The number of aromatic nitrogens is 2. The van der Waals surface area contributed by atoms with Crippen LogP contribution in [0.2, 0.25) is 0 Å². The van der Waals surface area contributed by atoms with Gasteiger partial charge in [-0.3, -0.25) is 4.39 Å². The second-order valence-electron chi connectivity index (χ2n) is 7.15. The third-order valence-corrected chi connectivity index (χ3v) is 5.57. The number of imidazole rings is 1. The van der Waals surface area contributed by atoms with Crippen molar-refractivity contribution >= 4 is 27.0 Å². The van der Waals surface area contributed by atoms with Crippen LogP contribution < -0.4 is 0 Å². The van der Waals surface area contributed by atoms with E-state index in [1.807, 2.05) is 25.1 Å². The maximum atomic E-state index is 14.3. The molecule has 0 bridgehead atoms. The van der Waals surface area contributed by atoms with Crippen molar-refractivity contribution in [3.8, 4) is 0 Å². The Morgan fingerprint density at radius 2 is 2.00 bits per heavy atom. The first-order valence-electron chi connectivity index (χ1n) is 8.45. The van der Waals surface area contributed by atoms with Crippen molar-refractivity contribution in [2.45, 2.75) is 32.7 Å². The van der Waals surface area contributed by atoms with Crippen LogP contribution in [0.25, 0.3) is 11.0 Å². The fraction of sp³-hybridized carbons (Fsp3) is 0.350. The van der Waals surface area contributed by atoms with Gasteiger partial charge in [0.15, 0.2) is 0 Å². The Kier molecular flexibility index (Phi) is 4.14. The van der Waals surface area contributed by atoms with E-state index in [0.717, 1.165) is 35.3 Å². The second-order valence-corrected chi connectivity index (χ2v) is 8.07. The van der Waals surface area contributed by atoms with Crippen molar-refractivity contribution in [1.29, 1.82) is 0 Å². The summed E-state index contributed by atoms with van der Waals surface area (Å²) in [6, 6.07) is 11.2. The molecule has 3 aromatic rings. The molecule has 4 rings (SSSR count). The largest absolute Gasteiger partial charge is 0.327 e. The van der Waals surface area contributed by atoms with Gasteiger partial charge in [0.25, 0.3) is 0 Å². The molecule has 0 aliphatic heterocycles. The molecule has 0 amide bonds. The van der Waals surface area contributed by atoms with Crippen LogP contribution in [0.15, 0.2) is 40.9 Å². The van der Waals surface area contributed by atoms with Gasteiger partial charge >= 0.3 is 0 Å². The molecule has 1 aliphatic rings. The third kappa shape index (κ3) is 3.22. The number of benzene rings is 2. The van der Waals surface area contributed by atoms with Crippen molar-refractivity contribution in [2.24, 2.45) is 5.41 Å². The first-order chi connectivity index (χ1) is 12.0. The molecule has 0 unspecified atom stereocenters. The summed E-state index contributed by atoms with van der Waals surface area (Å²) in [5.41, 5.74) is 3.37. The van der Waals surface area contributed by atoms with Crippen LogP contribution in [0.1, 0.15) is 29.8 Å². The lowest BCUT2D eigenvalue weighted by molar-refractivity contribution is 0.305. The fourth-order valence-electron chi connectivity index (χ4n) is 3.28. The molecule has 5 heteroatoms. The van der Waals surface area contributed by atoms with Gasteiger partial charge in [0.2, 0.25) is 0 Å². The van der Waals surface area contributed by atoms with Gasteiger partial charge in [-0.1, -0.05) is 28.1 Å². The van der Waals surface area contributed by atoms with Crippen LogP contribution in [-0.4, -0.2) is 16.2 Å². The minimum absolute atomic E-state index is 0.254. The number of hydrogen-bond acceptors (Lipinski definition) is 1. The summed E-state index contributed by atoms with van der Waals surface area (Å²) < 4.78 is 30.6. The molecule has 1 aliphatic carbocycles. The summed E-state index contributed by atoms with van der Waals surface area (Å²) in [5, 5.41) is 0. The molecule has 2 nitrogen and oxygen atoms in total. The Balaban J connectivity index is 1.79. The molecule has 25 heavy (non-hydrogen) atoms. The van der Waals surface area contributed by atoms with E-state index in [-0.39, 0.29) is 17.9 Å². The van der Waals surface area contributed by atoms with Gasteiger partial charge in [-0.2, -0.15) is 0 Å². The van der Waals surface area contributed by atoms with Crippen LogP contribution in [0, 0.1) is 18.2 Å². The van der Waals surface area contributed by atoms with E-state index in [4.69, 9.17) is 4.98 Å². The minimum Gasteiger partial charge on any atom is -0.327 e. The van der Waals surface area contributed by atoms with E-state index in [1.54, 1.807) is 6.07 Å². The van der Waals surface area contributed by atoms with E-state index in [0.29, 0.717) is 23.0 Å². The average molecular weight is 405 g/mol. The zero-order chi connectivity index (χ0) is 17.6. The summed E-state index contributed by atoms with van der Waals surface area (Å²) in [7, 11) is 0. The van der Waals surface area contributed by atoms with Crippen LogP contribution in [0.3, 0.4) is 0 Å². The van der Waals surface area contributed by atoms with E-state index in [1.165, 1.54) is 6.07 Å².